The predicted octanol–water partition coefficient (Wildman–Crippen LogP) is 3.20. The minimum Gasteiger partial charge on any atom is -0.484 e. The molecule has 0 aliphatic carbocycles. The van der Waals surface area contributed by atoms with Crippen molar-refractivity contribution in [3.63, 3.8) is 0 Å². The van der Waals surface area contributed by atoms with Crippen molar-refractivity contribution in [2.24, 2.45) is 0 Å². The molecule has 0 spiro atoms. The van der Waals surface area contributed by atoms with E-state index in [-0.39, 0.29) is 6.10 Å². The van der Waals surface area contributed by atoms with Crippen molar-refractivity contribution >= 4 is 0 Å². The molecule has 132 valence electrons. The first kappa shape index (κ1) is 16.4. The van der Waals surface area contributed by atoms with Crippen LogP contribution in [0.2, 0.25) is 0 Å². The maximum Gasteiger partial charge on any atom is 0.257 e. The topological polar surface area (TPSA) is 43.8 Å². The normalized spacial score (nSPS) is 23.4. The number of likely N-dealkylation sites (tertiary alicyclic amines) is 1. The molecule has 1 aromatic carbocycles. The molecule has 2 atom stereocenters. The van der Waals surface area contributed by atoms with Gasteiger partial charge in [-0.2, -0.15) is 0 Å². The van der Waals surface area contributed by atoms with Crippen molar-refractivity contribution in [1.82, 2.24) is 9.88 Å². The van der Waals surface area contributed by atoms with Gasteiger partial charge in [-0.3, -0.25) is 4.90 Å². The number of hydrogen-bond acceptors (Lipinski definition) is 5. The summed E-state index contributed by atoms with van der Waals surface area (Å²) in [5.41, 5.74) is 2.43. The molecule has 0 amide bonds. The Morgan fingerprint density at radius 1 is 1.24 bits per heavy atom. The largest absolute Gasteiger partial charge is 0.484 e. The molecule has 0 bridgehead atoms. The van der Waals surface area contributed by atoms with Gasteiger partial charge < -0.3 is 14.2 Å². The zero-order valence-corrected chi connectivity index (χ0v) is 14.6. The highest BCUT2D eigenvalue weighted by Crippen LogP contribution is 2.34. The van der Waals surface area contributed by atoms with Gasteiger partial charge in [0.15, 0.2) is 11.9 Å². The number of ether oxygens (including phenoxy) is 3. The Balaban J connectivity index is 1.39. The molecule has 5 nitrogen and oxygen atoms in total. The number of piperidine rings is 1. The smallest absolute Gasteiger partial charge is 0.257 e. The van der Waals surface area contributed by atoms with Crippen molar-refractivity contribution in [3.8, 4) is 11.6 Å². The van der Waals surface area contributed by atoms with Gasteiger partial charge in [0.1, 0.15) is 6.61 Å². The predicted molar refractivity (Wildman–Crippen MR) is 94.9 cm³/mol. The molecule has 1 saturated heterocycles. The van der Waals surface area contributed by atoms with E-state index in [9.17, 15) is 0 Å². The lowest BCUT2D eigenvalue weighted by Crippen LogP contribution is -2.38. The molecule has 2 aliphatic heterocycles. The summed E-state index contributed by atoms with van der Waals surface area (Å²) in [7, 11) is 1.81. The van der Waals surface area contributed by atoms with Crippen LogP contribution >= 0.6 is 0 Å². The molecule has 1 aromatic heterocycles. The third-order valence-corrected chi connectivity index (χ3v) is 4.93. The Hall–Kier alpha value is -2.11. The van der Waals surface area contributed by atoms with E-state index in [1.165, 1.54) is 18.4 Å². The van der Waals surface area contributed by atoms with E-state index >= 15 is 0 Å². The zero-order valence-electron chi connectivity index (χ0n) is 14.6. The molecule has 0 N–H and O–H groups in total. The maximum atomic E-state index is 5.97. The van der Waals surface area contributed by atoms with Crippen LogP contribution in [0.15, 0.2) is 42.6 Å². The average molecular weight is 340 g/mol. The quantitative estimate of drug-likeness (QED) is 0.855. The van der Waals surface area contributed by atoms with Gasteiger partial charge in [0.2, 0.25) is 0 Å². The van der Waals surface area contributed by atoms with Gasteiger partial charge in [-0.25, -0.2) is 4.98 Å². The Labute approximate surface area is 148 Å². The summed E-state index contributed by atoms with van der Waals surface area (Å²) >= 11 is 0. The number of hydrogen-bond donors (Lipinski definition) is 0. The monoisotopic (exact) mass is 340 g/mol. The van der Waals surface area contributed by atoms with Crippen LogP contribution in [0.1, 0.15) is 30.1 Å². The molecule has 4 rings (SSSR count). The highest BCUT2D eigenvalue weighted by molar-refractivity contribution is 5.35. The number of fused-ring (bicyclic) bond motifs is 1. The van der Waals surface area contributed by atoms with Crippen LogP contribution in [0, 0.1) is 0 Å². The van der Waals surface area contributed by atoms with Crippen LogP contribution in [-0.2, 0) is 11.3 Å². The van der Waals surface area contributed by atoms with Crippen LogP contribution < -0.4 is 9.47 Å². The van der Waals surface area contributed by atoms with Crippen LogP contribution in [-0.4, -0.2) is 42.8 Å². The number of methoxy groups -OCH3 is 1. The van der Waals surface area contributed by atoms with E-state index in [0.717, 1.165) is 25.2 Å². The van der Waals surface area contributed by atoms with Gasteiger partial charge in [-0.05, 0) is 42.6 Å². The van der Waals surface area contributed by atoms with Crippen molar-refractivity contribution in [3.05, 3.63) is 53.7 Å². The summed E-state index contributed by atoms with van der Waals surface area (Å²) in [5, 5.41) is 0. The molecule has 2 unspecified atom stereocenters. The second-order valence-electron chi connectivity index (χ2n) is 6.70. The fourth-order valence-electron chi connectivity index (χ4n) is 3.52. The summed E-state index contributed by atoms with van der Waals surface area (Å²) in [6, 6.07) is 12.4. The minimum absolute atomic E-state index is 0.107. The number of benzene rings is 1. The van der Waals surface area contributed by atoms with E-state index in [1.807, 2.05) is 19.2 Å². The van der Waals surface area contributed by atoms with Gasteiger partial charge in [-0.1, -0.05) is 24.3 Å². The molecule has 25 heavy (non-hydrogen) atoms. The first-order valence-corrected chi connectivity index (χ1v) is 8.90. The van der Waals surface area contributed by atoms with Gasteiger partial charge in [0, 0.05) is 26.4 Å². The highest BCUT2D eigenvalue weighted by atomic mass is 16.6. The summed E-state index contributed by atoms with van der Waals surface area (Å²) in [4.78, 5) is 6.70. The van der Waals surface area contributed by atoms with Crippen molar-refractivity contribution in [2.75, 3.05) is 26.8 Å². The maximum absolute atomic E-state index is 5.97. The molecule has 2 aliphatic rings. The van der Waals surface area contributed by atoms with Crippen LogP contribution in [0.4, 0.5) is 0 Å². The average Bonchev–Trinajstić information content (AvgIpc) is 2.68. The molecule has 0 saturated carbocycles. The van der Waals surface area contributed by atoms with Gasteiger partial charge in [0.25, 0.3) is 5.88 Å². The van der Waals surface area contributed by atoms with Gasteiger partial charge >= 0.3 is 0 Å². The van der Waals surface area contributed by atoms with Crippen molar-refractivity contribution in [1.29, 1.82) is 0 Å². The third kappa shape index (κ3) is 3.78. The van der Waals surface area contributed by atoms with Crippen molar-refractivity contribution < 1.29 is 14.2 Å². The summed E-state index contributed by atoms with van der Waals surface area (Å²) in [5.74, 6) is 1.29. The van der Waals surface area contributed by atoms with Crippen LogP contribution in [0.5, 0.6) is 11.6 Å². The summed E-state index contributed by atoms with van der Waals surface area (Å²) in [6.07, 6.45) is 4.36. The molecule has 2 aromatic rings. The molecule has 5 heteroatoms. The molecular weight excluding hydrogens is 316 g/mol. The van der Waals surface area contributed by atoms with E-state index in [0.29, 0.717) is 24.3 Å². The molecule has 0 radical (unpaired) electrons. The lowest BCUT2D eigenvalue weighted by atomic mass is 10.0. The number of rotatable bonds is 4. The van der Waals surface area contributed by atoms with E-state index < -0.39 is 0 Å². The summed E-state index contributed by atoms with van der Waals surface area (Å²) < 4.78 is 17.2. The number of nitrogens with zero attached hydrogens (tertiary/aromatic N) is 2. The van der Waals surface area contributed by atoms with E-state index in [1.54, 1.807) is 6.20 Å². The number of aromatic nitrogens is 1. The Bertz CT molecular complexity index is 704. The van der Waals surface area contributed by atoms with Gasteiger partial charge in [-0.15, -0.1) is 0 Å². The lowest BCUT2D eigenvalue weighted by molar-refractivity contribution is 0.0285. The Kier molecular flexibility index (Phi) is 4.85. The summed E-state index contributed by atoms with van der Waals surface area (Å²) in [6.45, 7) is 3.64. The molecule has 3 heterocycles. The standard InChI is InChI=1S/C20H24N2O3/c1-23-17-4-3-11-22(13-17)12-15-6-8-16(9-7-15)19-14-24-18-5-2-10-21-20(18)25-19/h2,5-10,17,19H,3-4,11-14H2,1H3. The second kappa shape index (κ2) is 7.42. The molecular formula is C20H24N2O3. The van der Waals surface area contributed by atoms with E-state index in [4.69, 9.17) is 14.2 Å². The lowest BCUT2D eigenvalue weighted by Gasteiger charge is -2.32. The first-order valence-electron chi connectivity index (χ1n) is 8.90. The third-order valence-electron chi connectivity index (χ3n) is 4.93. The first-order chi connectivity index (χ1) is 12.3. The Morgan fingerprint density at radius 3 is 2.96 bits per heavy atom. The van der Waals surface area contributed by atoms with E-state index in [2.05, 4.69) is 34.1 Å². The fraction of sp³-hybridized carbons (Fsp3) is 0.450. The fourth-order valence-corrected chi connectivity index (χ4v) is 3.52. The minimum atomic E-state index is -0.107. The second-order valence-corrected chi connectivity index (χ2v) is 6.70. The Morgan fingerprint density at radius 2 is 2.12 bits per heavy atom. The van der Waals surface area contributed by atoms with Crippen LogP contribution in [0.3, 0.4) is 0 Å². The highest BCUT2D eigenvalue weighted by Gasteiger charge is 2.23. The number of pyridine rings is 1. The molecule has 1 fully saturated rings. The van der Waals surface area contributed by atoms with Gasteiger partial charge in [0.05, 0.1) is 6.10 Å². The van der Waals surface area contributed by atoms with Crippen molar-refractivity contribution in [2.45, 2.75) is 31.6 Å². The zero-order chi connectivity index (χ0) is 17.1. The van der Waals surface area contributed by atoms with Crippen LogP contribution in [0.25, 0.3) is 0 Å². The SMILES string of the molecule is COC1CCCN(Cc2ccc(C3COc4cccnc4O3)cc2)C1.